The maximum atomic E-state index is 9.75. The van der Waals surface area contributed by atoms with Crippen molar-refractivity contribution in [1.29, 1.82) is 5.41 Å². The number of nitrogens with one attached hydrogen (secondary N) is 1. The van der Waals surface area contributed by atoms with Gasteiger partial charge in [-0.1, -0.05) is 46.3 Å². The van der Waals surface area contributed by atoms with Crippen LogP contribution in [0.1, 0.15) is 23.6 Å². The molecule has 4 heteroatoms. The van der Waals surface area contributed by atoms with Crippen LogP contribution in [0.3, 0.4) is 0 Å². The summed E-state index contributed by atoms with van der Waals surface area (Å²) in [6, 6.07) is 14.2. The minimum absolute atomic E-state index is 0.178. The van der Waals surface area contributed by atoms with Gasteiger partial charge in [0.25, 0.3) is 0 Å². The number of phenolic OH excluding ortho intramolecular Hbond substituents is 1. The smallest absolute Gasteiger partial charge is 0.120 e. The van der Waals surface area contributed by atoms with Crippen molar-refractivity contribution >= 4 is 21.6 Å². The maximum absolute atomic E-state index is 9.75. The zero-order valence-corrected chi connectivity index (χ0v) is 11.9. The Hall–Kier alpha value is -1.65. The highest BCUT2D eigenvalue weighted by Crippen LogP contribution is 2.25. The molecule has 1 unspecified atom stereocenters. The molecule has 98 valence electrons. The van der Waals surface area contributed by atoms with Gasteiger partial charge in [-0.25, -0.2) is 0 Å². The molecule has 0 amide bonds. The van der Waals surface area contributed by atoms with Crippen LogP contribution in [0.25, 0.3) is 0 Å². The van der Waals surface area contributed by atoms with Crippen LogP contribution in [0.5, 0.6) is 5.75 Å². The van der Waals surface area contributed by atoms with E-state index >= 15 is 0 Å². The number of nitrogens with two attached hydrogens (primary N) is 1. The fraction of sp³-hybridized carbons (Fsp3) is 0.133. The normalized spacial score (nSPS) is 12.1. The Labute approximate surface area is 120 Å². The third-order valence-electron chi connectivity index (χ3n) is 2.93. The molecular weight excluding hydrogens is 304 g/mol. The summed E-state index contributed by atoms with van der Waals surface area (Å²) in [5.41, 5.74) is 8.02. The SMILES string of the molecule is N=C(CC(N)c1ccccc1O)c1cccc(Br)c1. The number of benzene rings is 2. The molecule has 0 aliphatic carbocycles. The molecule has 4 N–H and O–H groups in total. The summed E-state index contributed by atoms with van der Waals surface area (Å²) in [6.07, 6.45) is 0.383. The van der Waals surface area contributed by atoms with E-state index in [-0.39, 0.29) is 11.8 Å². The van der Waals surface area contributed by atoms with Crippen molar-refractivity contribution in [2.45, 2.75) is 12.5 Å². The number of para-hydroxylation sites is 1. The molecule has 0 saturated carbocycles. The first-order chi connectivity index (χ1) is 9.08. The summed E-state index contributed by atoms with van der Waals surface area (Å²) in [7, 11) is 0. The van der Waals surface area contributed by atoms with Crippen LogP contribution in [0.4, 0.5) is 0 Å². The Kier molecular flexibility index (Phi) is 4.35. The van der Waals surface area contributed by atoms with Gasteiger partial charge in [0.05, 0.1) is 0 Å². The Balaban J connectivity index is 2.13. The van der Waals surface area contributed by atoms with E-state index < -0.39 is 0 Å². The van der Waals surface area contributed by atoms with Crippen LogP contribution < -0.4 is 5.73 Å². The van der Waals surface area contributed by atoms with Crippen molar-refractivity contribution in [2.24, 2.45) is 5.73 Å². The number of halogens is 1. The van der Waals surface area contributed by atoms with Crippen molar-refractivity contribution in [3.63, 3.8) is 0 Å². The van der Waals surface area contributed by atoms with Crippen LogP contribution >= 0.6 is 15.9 Å². The number of hydrogen-bond acceptors (Lipinski definition) is 3. The lowest BCUT2D eigenvalue weighted by Gasteiger charge is -2.14. The Morgan fingerprint density at radius 3 is 2.63 bits per heavy atom. The molecule has 19 heavy (non-hydrogen) atoms. The first-order valence-electron chi connectivity index (χ1n) is 5.95. The second kappa shape index (κ2) is 5.99. The molecule has 2 rings (SSSR count). The molecule has 2 aromatic rings. The molecule has 0 aliphatic rings. The number of hydrogen-bond donors (Lipinski definition) is 3. The Bertz CT molecular complexity index is 598. The van der Waals surface area contributed by atoms with Gasteiger partial charge in [-0.15, -0.1) is 0 Å². The molecule has 3 nitrogen and oxygen atoms in total. The van der Waals surface area contributed by atoms with Gasteiger partial charge in [0, 0.05) is 28.2 Å². The molecule has 0 bridgehead atoms. The zero-order valence-electron chi connectivity index (χ0n) is 10.3. The molecule has 0 aliphatic heterocycles. The van der Waals surface area contributed by atoms with Gasteiger partial charge >= 0.3 is 0 Å². The third-order valence-corrected chi connectivity index (χ3v) is 3.43. The second-order valence-electron chi connectivity index (χ2n) is 4.36. The Morgan fingerprint density at radius 1 is 1.21 bits per heavy atom. The number of aromatic hydroxyl groups is 1. The van der Waals surface area contributed by atoms with E-state index in [0.29, 0.717) is 17.7 Å². The predicted molar refractivity (Wildman–Crippen MR) is 80.6 cm³/mol. The van der Waals surface area contributed by atoms with Gasteiger partial charge in [0.2, 0.25) is 0 Å². The fourth-order valence-electron chi connectivity index (χ4n) is 1.92. The van der Waals surface area contributed by atoms with Crippen molar-refractivity contribution in [1.82, 2.24) is 0 Å². The molecule has 0 radical (unpaired) electrons. The average Bonchev–Trinajstić information content (AvgIpc) is 2.39. The molecular formula is C15H15BrN2O. The summed E-state index contributed by atoms with van der Waals surface area (Å²) in [4.78, 5) is 0. The summed E-state index contributed by atoms with van der Waals surface area (Å²) in [5.74, 6) is 0.178. The largest absolute Gasteiger partial charge is 0.508 e. The van der Waals surface area contributed by atoms with Gasteiger partial charge in [-0.05, 0) is 23.8 Å². The van der Waals surface area contributed by atoms with E-state index in [4.69, 9.17) is 11.1 Å². The van der Waals surface area contributed by atoms with Gasteiger partial charge in [-0.2, -0.15) is 0 Å². The van der Waals surface area contributed by atoms with E-state index in [1.807, 2.05) is 30.3 Å². The molecule has 0 fully saturated rings. The molecule has 0 saturated heterocycles. The molecule has 1 atom stereocenters. The van der Waals surface area contributed by atoms with Crippen molar-refractivity contribution in [2.75, 3.05) is 0 Å². The van der Waals surface area contributed by atoms with Crippen LogP contribution in [0, 0.1) is 5.41 Å². The Morgan fingerprint density at radius 2 is 1.95 bits per heavy atom. The van der Waals surface area contributed by atoms with Crippen molar-refractivity contribution < 1.29 is 5.11 Å². The molecule has 2 aromatic carbocycles. The summed E-state index contributed by atoms with van der Waals surface area (Å²) in [5, 5.41) is 17.8. The minimum atomic E-state index is -0.382. The quantitative estimate of drug-likeness (QED) is 0.753. The first kappa shape index (κ1) is 13.8. The highest BCUT2D eigenvalue weighted by molar-refractivity contribution is 9.10. The number of rotatable bonds is 4. The maximum Gasteiger partial charge on any atom is 0.120 e. The van der Waals surface area contributed by atoms with Gasteiger partial charge in [-0.3, -0.25) is 0 Å². The molecule has 0 heterocycles. The predicted octanol–water partition coefficient (Wildman–Crippen LogP) is 3.61. The van der Waals surface area contributed by atoms with E-state index in [1.165, 1.54) is 0 Å². The van der Waals surface area contributed by atoms with Crippen molar-refractivity contribution in [3.8, 4) is 5.75 Å². The highest BCUT2D eigenvalue weighted by Gasteiger charge is 2.13. The zero-order chi connectivity index (χ0) is 13.8. The van der Waals surface area contributed by atoms with Gasteiger partial charge in [0.15, 0.2) is 0 Å². The lowest BCUT2D eigenvalue weighted by molar-refractivity contribution is 0.462. The average molecular weight is 319 g/mol. The third kappa shape index (κ3) is 3.43. The highest BCUT2D eigenvalue weighted by atomic mass is 79.9. The van der Waals surface area contributed by atoms with Crippen LogP contribution in [-0.2, 0) is 0 Å². The lowest BCUT2D eigenvalue weighted by Crippen LogP contribution is -2.15. The van der Waals surface area contributed by atoms with Crippen LogP contribution in [-0.4, -0.2) is 10.8 Å². The first-order valence-corrected chi connectivity index (χ1v) is 6.74. The number of phenols is 1. The van der Waals surface area contributed by atoms with Gasteiger partial charge < -0.3 is 16.2 Å². The topological polar surface area (TPSA) is 70.1 Å². The van der Waals surface area contributed by atoms with Crippen LogP contribution in [0.15, 0.2) is 53.0 Å². The van der Waals surface area contributed by atoms with E-state index in [1.54, 1.807) is 18.2 Å². The lowest BCUT2D eigenvalue weighted by atomic mass is 9.97. The minimum Gasteiger partial charge on any atom is -0.508 e. The van der Waals surface area contributed by atoms with E-state index in [2.05, 4.69) is 15.9 Å². The second-order valence-corrected chi connectivity index (χ2v) is 5.27. The van der Waals surface area contributed by atoms with E-state index in [9.17, 15) is 5.11 Å². The summed E-state index contributed by atoms with van der Waals surface area (Å²) in [6.45, 7) is 0. The molecule has 0 spiro atoms. The van der Waals surface area contributed by atoms with Crippen molar-refractivity contribution in [3.05, 3.63) is 64.1 Å². The monoisotopic (exact) mass is 318 g/mol. The van der Waals surface area contributed by atoms with E-state index in [0.717, 1.165) is 10.0 Å². The summed E-state index contributed by atoms with van der Waals surface area (Å²) >= 11 is 3.39. The summed E-state index contributed by atoms with van der Waals surface area (Å²) < 4.78 is 0.936. The van der Waals surface area contributed by atoms with Gasteiger partial charge in [0.1, 0.15) is 5.75 Å². The van der Waals surface area contributed by atoms with Crippen LogP contribution in [0.2, 0.25) is 0 Å². The molecule has 0 aromatic heterocycles. The standard InChI is InChI=1S/C15H15BrN2O/c16-11-5-3-4-10(8-11)13(17)9-14(18)12-6-1-2-7-15(12)19/h1-8,14,17,19H,9,18H2. The fourth-order valence-corrected chi connectivity index (χ4v) is 2.32.